The Bertz CT molecular complexity index is 1130. The number of alkyl halides is 6. The van der Waals surface area contributed by atoms with Gasteiger partial charge in [-0.3, -0.25) is 9.78 Å². The molecule has 0 saturated carbocycles. The summed E-state index contributed by atoms with van der Waals surface area (Å²) in [4.78, 5) is 19.7. The van der Waals surface area contributed by atoms with Gasteiger partial charge in [0.1, 0.15) is 11.5 Å². The van der Waals surface area contributed by atoms with Crippen LogP contribution in [0.2, 0.25) is 0 Å². The Labute approximate surface area is 177 Å². The fourth-order valence-corrected chi connectivity index (χ4v) is 2.48. The second-order valence-corrected chi connectivity index (χ2v) is 6.28. The van der Waals surface area contributed by atoms with E-state index >= 15 is 0 Å². The van der Waals surface area contributed by atoms with Crippen LogP contribution in [0.25, 0.3) is 0 Å². The number of halogens is 6. The van der Waals surface area contributed by atoms with Crippen molar-refractivity contribution in [2.75, 3.05) is 5.32 Å². The first-order valence-corrected chi connectivity index (χ1v) is 8.80. The van der Waals surface area contributed by atoms with E-state index in [1.54, 1.807) is 12.1 Å². The third-order valence-electron chi connectivity index (χ3n) is 3.95. The molecule has 3 aromatic rings. The van der Waals surface area contributed by atoms with Gasteiger partial charge in [-0.1, -0.05) is 12.1 Å². The number of hydrogen-bond acceptors (Lipinski definition) is 5. The van der Waals surface area contributed by atoms with Crippen molar-refractivity contribution in [1.82, 2.24) is 15.4 Å². The molecule has 1 aromatic carbocycles. The van der Waals surface area contributed by atoms with Gasteiger partial charge < -0.3 is 5.32 Å². The van der Waals surface area contributed by atoms with Gasteiger partial charge in [0.25, 0.3) is 5.91 Å². The summed E-state index contributed by atoms with van der Waals surface area (Å²) >= 11 is 0. The van der Waals surface area contributed by atoms with E-state index in [2.05, 4.69) is 25.8 Å². The molecule has 0 fully saturated rings. The summed E-state index contributed by atoms with van der Waals surface area (Å²) in [5.74, 6) is -1.52. The van der Waals surface area contributed by atoms with Crippen LogP contribution < -0.4 is 10.7 Å². The van der Waals surface area contributed by atoms with Crippen LogP contribution in [0.4, 0.5) is 37.8 Å². The van der Waals surface area contributed by atoms with Gasteiger partial charge in [-0.2, -0.15) is 31.4 Å². The molecule has 0 aliphatic carbocycles. The second-order valence-electron chi connectivity index (χ2n) is 6.28. The van der Waals surface area contributed by atoms with Crippen molar-refractivity contribution in [2.24, 2.45) is 5.10 Å². The number of benzene rings is 1. The number of carbonyl (C=O) groups excluding carboxylic acids is 1. The number of carbonyl (C=O) groups is 1. The van der Waals surface area contributed by atoms with Crippen molar-refractivity contribution >= 4 is 23.6 Å². The summed E-state index contributed by atoms with van der Waals surface area (Å²) in [7, 11) is 0. The SMILES string of the molecule is O=C(N/N=C/c1cccnc1)c1ccc(C(F)(F)F)nc1Nc1cccc(C(F)(F)F)c1. The highest BCUT2D eigenvalue weighted by atomic mass is 19.4. The monoisotopic (exact) mass is 453 g/mol. The molecule has 12 heteroatoms. The number of anilines is 2. The van der Waals surface area contributed by atoms with E-state index in [9.17, 15) is 31.1 Å². The number of pyridine rings is 2. The molecule has 166 valence electrons. The minimum absolute atomic E-state index is 0.209. The van der Waals surface area contributed by atoms with E-state index < -0.39 is 35.3 Å². The number of nitrogens with zero attached hydrogens (tertiary/aromatic N) is 3. The summed E-state index contributed by atoms with van der Waals surface area (Å²) in [6.07, 6.45) is -5.27. The van der Waals surface area contributed by atoms with Crippen LogP contribution in [0.3, 0.4) is 0 Å². The fraction of sp³-hybridized carbons (Fsp3) is 0.100. The number of aromatic nitrogens is 2. The van der Waals surface area contributed by atoms with E-state index in [0.717, 1.165) is 18.2 Å². The number of nitrogens with one attached hydrogen (secondary N) is 2. The lowest BCUT2D eigenvalue weighted by Crippen LogP contribution is -2.21. The first-order chi connectivity index (χ1) is 15.0. The highest BCUT2D eigenvalue weighted by Gasteiger charge is 2.34. The largest absolute Gasteiger partial charge is 0.433 e. The minimum Gasteiger partial charge on any atom is -0.340 e. The van der Waals surface area contributed by atoms with Gasteiger partial charge in [0.05, 0.1) is 17.3 Å². The third kappa shape index (κ3) is 5.80. The molecular formula is C20H13F6N5O. The topological polar surface area (TPSA) is 79.3 Å². The van der Waals surface area contributed by atoms with E-state index in [0.29, 0.717) is 17.7 Å². The molecule has 0 unspecified atom stereocenters. The predicted molar refractivity (Wildman–Crippen MR) is 103 cm³/mol. The van der Waals surface area contributed by atoms with Crippen molar-refractivity contribution < 1.29 is 31.1 Å². The predicted octanol–water partition coefficient (Wildman–Crippen LogP) is 5.02. The van der Waals surface area contributed by atoms with Crippen LogP contribution in [0.15, 0.2) is 66.0 Å². The smallest absolute Gasteiger partial charge is 0.340 e. The third-order valence-corrected chi connectivity index (χ3v) is 3.95. The first-order valence-electron chi connectivity index (χ1n) is 8.80. The molecule has 2 N–H and O–H groups in total. The lowest BCUT2D eigenvalue weighted by Gasteiger charge is -2.14. The molecule has 2 aromatic heterocycles. The standard InChI is InChI=1S/C20H13F6N5O/c21-19(22,23)13-4-1-5-14(9-13)29-17-15(6-7-16(30-17)20(24,25)26)18(32)31-28-11-12-3-2-8-27-10-12/h1-11H,(H,29,30)(H,31,32)/b28-11+. The Balaban J connectivity index is 1.91. The van der Waals surface area contributed by atoms with E-state index in [1.165, 1.54) is 24.7 Å². The van der Waals surface area contributed by atoms with Gasteiger partial charge in [0.2, 0.25) is 0 Å². The molecule has 0 spiro atoms. The van der Waals surface area contributed by atoms with E-state index in [1.807, 2.05) is 0 Å². The molecule has 0 atom stereocenters. The van der Waals surface area contributed by atoms with Gasteiger partial charge in [-0.25, -0.2) is 10.4 Å². The highest BCUT2D eigenvalue weighted by molar-refractivity contribution is 5.99. The number of rotatable bonds is 5. The Kier molecular flexibility index (Phi) is 6.42. The van der Waals surface area contributed by atoms with Crippen LogP contribution >= 0.6 is 0 Å². The maximum absolute atomic E-state index is 13.1. The maximum Gasteiger partial charge on any atom is 0.433 e. The number of hydrazone groups is 1. The normalized spacial score (nSPS) is 12.1. The van der Waals surface area contributed by atoms with Gasteiger partial charge in [-0.15, -0.1) is 0 Å². The van der Waals surface area contributed by atoms with Gasteiger partial charge in [0, 0.05) is 23.6 Å². The lowest BCUT2D eigenvalue weighted by molar-refractivity contribution is -0.141. The molecule has 0 bridgehead atoms. The van der Waals surface area contributed by atoms with Crippen LogP contribution in [-0.2, 0) is 12.4 Å². The molecular weight excluding hydrogens is 440 g/mol. The van der Waals surface area contributed by atoms with Crippen molar-refractivity contribution in [2.45, 2.75) is 12.4 Å². The summed E-state index contributed by atoms with van der Waals surface area (Å²) in [6, 6.07) is 8.44. The van der Waals surface area contributed by atoms with Crippen molar-refractivity contribution in [3.63, 3.8) is 0 Å². The molecule has 0 aliphatic heterocycles. The average Bonchev–Trinajstić information content (AvgIpc) is 2.73. The Morgan fingerprint density at radius 2 is 1.75 bits per heavy atom. The van der Waals surface area contributed by atoms with Crippen molar-refractivity contribution in [3.05, 3.63) is 83.3 Å². The quantitative estimate of drug-likeness (QED) is 0.323. The van der Waals surface area contributed by atoms with Crippen LogP contribution in [0.5, 0.6) is 0 Å². The zero-order valence-corrected chi connectivity index (χ0v) is 15.9. The van der Waals surface area contributed by atoms with E-state index in [4.69, 9.17) is 0 Å². The van der Waals surface area contributed by atoms with Gasteiger partial charge in [-0.05, 0) is 36.4 Å². The number of hydrogen-bond donors (Lipinski definition) is 2. The summed E-state index contributed by atoms with van der Waals surface area (Å²) < 4.78 is 78.1. The van der Waals surface area contributed by atoms with Crippen LogP contribution in [0, 0.1) is 0 Å². The Hall–Kier alpha value is -3.96. The molecule has 2 heterocycles. The van der Waals surface area contributed by atoms with Gasteiger partial charge >= 0.3 is 12.4 Å². The molecule has 0 radical (unpaired) electrons. The summed E-state index contributed by atoms with van der Waals surface area (Å²) in [5, 5.41) is 6.05. The van der Waals surface area contributed by atoms with E-state index in [-0.39, 0.29) is 11.3 Å². The fourth-order valence-electron chi connectivity index (χ4n) is 2.48. The molecule has 6 nitrogen and oxygen atoms in total. The molecule has 32 heavy (non-hydrogen) atoms. The average molecular weight is 453 g/mol. The Morgan fingerprint density at radius 3 is 2.41 bits per heavy atom. The zero-order valence-electron chi connectivity index (χ0n) is 15.9. The number of amides is 1. The second kappa shape index (κ2) is 9.04. The molecule has 0 aliphatic rings. The van der Waals surface area contributed by atoms with Crippen molar-refractivity contribution in [3.8, 4) is 0 Å². The minimum atomic E-state index is -4.84. The van der Waals surface area contributed by atoms with Gasteiger partial charge in [0.15, 0.2) is 0 Å². The molecule has 3 rings (SSSR count). The zero-order chi connectivity index (χ0) is 23.4. The van der Waals surface area contributed by atoms with Crippen molar-refractivity contribution in [1.29, 1.82) is 0 Å². The molecule has 1 amide bonds. The Morgan fingerprint density at radius 1 is 0.969 bits per heavy atom. The summed E-state index contributed by atoms with van der Waals surface area (Å²) in [5.41, 5.74) is -0.257. The van der Waals surface area contributed by atoms with Crippen LogP contribution in [-0.4, -0.2) is 22.1 Å². The first kappa shape index (κ1) is 22.7. The lowest BCUT2D eigenvalue weighted by atomic mass is 10.1. The highest BCUT2D eigenvalue weighted by Crippen LogP contribution is 2.33. The van der Waals surface area contributed by atoms with Crippen LogP contribution in [0.1, 0.15) is 27.2 Å². The molecule has 0 saturated heterocycles. The maximum atomic E-state index is 13.1. The summed E-state index contributed by atoms with van der Waals surface area (Å²) in [6.45, 7) is 0.